The maximum Gasteiger partial charge on any atom is 0.271 e. The number of thiophene rings is 1. The van der Waals surface area contributed by atoms with E-state index in [0.717, 1.165) is 11.3 Å². The molecule has 21 heavy (non-hydrogen) atoms. The number of nitriles is 1. The van der Waals surface area contributed by atoms with Crippen LogP contribution in [0, 0.1) is 11.3 Å². The highest BCUT2D eigenvalue weighted by Crippen LogP contribution is 2.33. The minimum absolute atomic E-state index is 0.0916. The largest absolute Gasteiger partial charge is 0.486 e. The average Bonchev–Trinajstić information content (AvgIpc) is 2.96. The molecule has 2 heterocycles. The third-order valence-corrected chi connectivity index (χ3v) is 5.61. The zero-order valence-electron chi connectivity index (χ0n) is 10.7. The van der Waals surface area contributed by atoms with E-state index in [1.165, 1.54) is 12.1 Å². The highest BCUT2D eigenvalue weighted by atomic mass is 32.2. The summed E-state index contributed by atoms with van der Waals surface area (Å²) in [4.78, 5) is 0.345. The summed E-state index contributed by atoms with van der Waals surface area (Å²) < 4.78 is 37.8. The number of nitrogens with zero attached hydrogens (tertiary/aromatic N) is 1. The highest BCUT2D eigenvalue weighted by Gasteiger charge is 2.19. The molecule has 8 heteroatoms. The second-order valence-electron chi connectivity index (χ2n) is 4.19. The SMILES string of the molecule is N#Cc1ccc(S(=O)(=O)Nc2ccc3c(c2)OCCO3)s1. The predicted octanol–water partition coefficient (Wildman–Crippen LogP) is 2.19. The molecule has 1 aromatic heterocycles. The van der Waals surface area contributed by atoms with Gasteiger partial charge in [0.1, 0.15) is 28.4 Å². The van der Waals surface area contributed by atoms with Crippen LogP contribution in [-0.2, 0) is 10.0 Å². The molecule has 1 aliphatic heterocycles. The predicted molar refractivity (Wildman–Crippen MR) is 77.3 cm³/mol. The second kappa shape index (κ2) is 5.27. The first-order chi connectivity index (χ1) is 10.1. The molecule has 1 aromatic carbocycles. The first-order valence-corrected chi connectivity index (χ1v) is 8.31. The fraction of sp³-hybridized carbons (Fsp3) is 0.154. The van der Waals surface area contributed by atoms with Crippen LogP contribution in [-0.4, -0.2) is 21.6 Å². The molecule has 0 fully saturated rings. The molecule has 0 bridgehead atoms. The monoisotopic (exact) mass is 322 g/mol. The Balaban J connectivity index is 1.87. The van der Waals surface area contributed by atoms with E-state index >= 15 is 0 Å². The summed E-state index contributed by atoms with van der Waals surface area (Å²) in [5, 5.41) is 8.75. The Morgan fingerprint density at radius 1 is 1.14 bits per heavy atom. The van der Waals surface area contributed by atoms with Gasteiger partial charge in [-0.15, -0.1) is 11.3 Å². The molecule has 0 spiro atoms. The van der Waals surface area contributed by atoms with Gasteiger partial charge < -0.3 is 9.47 Å². The van der Waals surface area contributed by atoms with E-state index in [1.807, 2.05) is 6.07 Å². The average molecular weight is 322 g/mol. The highest BCUT2D eigenvalue weighted by molar-refractivity contribution is 7.94. The number of nitrogens with one attached hydrogen (secondary N) is 1. The van der Waals surface area contributed by atoms with Gasteiger partial charge in [0.15, 0.2) is 11.5 Å². The maximum absolute atomic E-state index is 12.2. The van der Waals surface area contributed by atoms with Gasteiger partial charge in [-0.05, 0) is 24.3 Å². The van der Waals surface area contributed by atoms with Crippen molar-refractivity contribution in [1.29, 1.82) is 5.26 Å². The molecule has 6 nitrogen and oxygen atoms in total. The Morgan fingerprint density at radius 3 is 2.62 bits per heavy atom. The summed E-state index contributed by atoms with van der Waals surface area (Å²) in [6, 6.07) is 9.63. The Morgan fingerprint density at radius 2 is 1.90 bits per heavy atom. The van der Waals surface area contributed by atoms with Crippen molar-refractivity contribution in [2.45, 2.75) is 4.21 Å². The zero-order chi connectivity index (χ0) is 14.9. The lowest BCUT2D eigenvalue weighted by atomic mass is 10.3. The van der Waals surface area contributed by atoms with Gasteiger partial charge >= 0.3 is 0 Å². The summed E-state index contributed by atoms with van der Waals surface area (Å²) in [5.74, 6) is 1.09. The van der Waals surface area contributed by atoms with Gasteiger partial charge in [-0.25, -0.2) is 8.42 Å². The van der Waals surface area contributed by atoms with E-state index in [-0.39, 0.29) is 4.21 Å². The van der Waals surface area contributed by atoms with Crippen molar-refractivity contribution in [3.63, 3.8) is 0 Å². The van der Waals surface area contributed by atoms with Gasteiger partial charge in [-0.3, -0.25) is 4.72 Å². The summed E-state index contributed by atoms with van der Waals surface area (Å²) >= 11 is 0.920. The van der Waals surface area contributed by atoms with Gasteiger partial charge in [0.05, 0.1) is 5.69 Å². The number of ether oxygens (including phenoxy) is 2. The maximum atomic E-state index is 12.2. The summed E-state index contributed by atoms with van der Waals surface area (Å²) in [6.45, 7) is 0.907. The normalized spacial score (nSPS) is 13.5. The summed E-state index contributed by atoms with van der Waals surface area (Å²) in [7, 11) is -3.71. The van der Waals surface area contributed by atoms with Crippen LogP contribution in [0.25, 0.3) is 0 Å². The van der Waals surface area contributed by atoms with E-state index in [1.54, 1.807) is 18.2 Å². The molecule has 108 valence electrons. The Labute approximate surface area is 125 Å². The first-order valence-electron chi connectivity index (χ1n) is 6.01. The van der Waals surface area contributed by atoms with Crippen LogP contribution >= 0.6 is 11.3 Å². The molecule has 0 saturated carbocycles. The van der Waals surface area contributed by atoms with Crippen LogP contribution in [0.5, 0.6) is 11.5 Å². The number of rotatable bonds is 3. The van der Waals surface area contributed by atoms with Crippen molar-refractivity contribution in [1.82, 2.24) is 0 Å². The van der Waals surface area contributed by atoms with Crippen molar-refractivity contribution < 1.29 is 17.9 Å². The molecule has 0 radical (unpaired) electrons. The van der Waals surface area contributed by atoms with Crippen LogP contribution in [0.2, 0.25) is 0 Å². The molecule has 3 rings (SSSR count). The number of benzene rings is 1. The number of hydrogen-bond acceptors (Lipinski definition) is 6. The number of fused-ring (bicyclic) bond motifs is 1. The van der Waals surface area contributed by atoms with Crippen LogP contribution < -0.4 is 14.2 Å². The summed E-state index contributed by atoms with van der Waals surface area (Å²) in [6.07, 6.45) is 0. The number of anilines is 1. The Kier molecular flexibility index (Phi) is 3.45. The lowest BCUT2D eigenvalue weighted by Crippen LogP contribution is -2.16. The molecule has 0 amide bonds. The van der Waals surface area contributed by atoms with Crippen molar-refractivity contribution in [2.75, 3.05) is 17.9 Å². The quantitative estimate of drug-likeness (QED) is 0.936. The smallest absolute Gasteiger partial charge is 0.271 e. The molecule has 1 N–H and O–H groups in total. The summed E-state index contributed by atoms with van der Waals surface area (Å²) in [5.41, 5.74) is 0.381. The fourth-order valence-electron chi connectivity index (χ4n) is 1.84. The van der Waals surface area contributed by atoms with Crippen LogP contribution in [0.15, 0.2) is 34.5 Å². The molecule has 0 atom stereocenters. The van der Waals surface area contributed by atoms with Crippen molar-refractivity contribution >= 4 is 27.0 Å². The third-order valence-electron chi connectivity index (χ3n) is 2.75. The van der Waals surface area contributed by atoms with Crippen molar-refractivity contribution in [3.8, 4) is 17.6 Å². The van der Waals surface area contributed by atoms with Crippen molar-refractivity contribution in [2.24, 2.45) is 0 Å². The van der Waals surface area contributed by atoms with Gasteiger partial charge in [-0.2, -0.15) is 5.26 Å². The molecule has 0 aliphatic carbocycles. The van der Waals surface area contributed by atoms with E-state index < -0.39 is 10.0 Å². The Hall–Kier alpha value is -2.24. The first kappa shape index (κ1) is 13.7. The molecular formula is C13H10N2O4S2. The van der Waals surface area contributed by atoms with Crippen LogP contribution in [0.1, 0.15) is 4.88 Å². The molecule has 1 aliphatic rings. The Bertz CT molecular complexity index is 821. The van der Waals surface area contributed by atoms with Gasteiger partial charge in [0.2, 0.25) is 0 Å². The third kappa shape index (κ3) is 2.79. The molecular weight excluding hydrogens is 312 g/mol. The topological polar surface area (TPSA) is 88.4 Å². The molecule has 0 unspecified atom stereocenters. The lowest BCUT2D eigenvalue weighted by Gasteiger charge is -2.19. The minimum atomic E-state index is -3.71. The van der Waals surface area contributed by atoms with E-state index in [9.17, 15) is 8.42 Å². The number of hydrogen-bond donors (Lipinski definition) is 1. The lowest BCUT2D eigenvalue weighted by molar-refractivity contribution is 0.171. The van der Waals surface area contributed by atoms with E-state index in [0.29, 0.717) is 35.3 Å². The van der Waals surface area contributed by atoms with Crippen LogP contribution in [0.3, 0.4) is 0 Å². The minimum Gasteiger partial charge on any atom is -0.486 e. The number of sulfonamides is 1. The van der Waals surface area contributed by atoms with Gasteiger partial charge in [0.25, 0.3) is 10.0 Å². The van der Waals surface area contributed by atoms with Crippen LogP contribution in [0.4, 0.5) is 5.69 Å². The van der Waals surface area contributed by atoms with E-state index in [2.05, 4.69) is 4.72 Å². The standard InChI is InChI=1S/C13H10N2O4S2/c14-8-10-2-4-13(20-10)21(16,17)15-9-1-3-11-12(7-9)19-6-5-18-11/h1-4,7,15H,5-6H2. The molecule has 2 aromatic rings. The second-order valence-corrected chi connectivity index (χ2v) is 7.19. The van der Waals surface area contributed by atoms with Gasteiger partial charge in [0, 0.05) is 6.07 Å². The fourth-order valence-corrected chi connectivity index (χ4v) is 3.99. The van der Waals surface area contributed by atoms with Crippen molar-refractivity contribution in [3.05, 3.63) is 35.2 Å². The van der Waals surface area contributed by atoms with E-state index in [4.69, 9.17) is 14.7 Å². The zero-order valence-corrected chi connectivity index (χ0v) is 12.3. The molecule has 0 saturated heterocycles. The van der Waals surface area contributed by atoms with Gasteiger partial charge in [-0.1, -0.05) is 0 Å².